The maximum Gasteiger partial charge on any atom is 0.113 e. The Morgan fingerprint density at radius 1 is 0.442 bits per heavy atom. The van der Waals surface area contributed by atoms with E-state index in [0.29, 0.717) is 0 Å². The second-order valence-corrected chi connectivity index (χ2v) is 20.9. The molecule has 0 saturated heterocycles. The predicted octanol–water partition coefficient (Wildman–Crippen LogP) is 13.5. The van der Waals surface area contributed by atoms with Gasteiger partial charge in [0.05, 0.1) is 10.4 Å². The smallest absolute Gasteiger partial charge is 0.113 e. The summed E-state index contributed by atoms with van der Waals surface area (Å²) in [6, 6.07) is 61.2. The quantitative estimate of drug-likeness (QED) is 0.164. The van der Waals surface area contributed by atoms with Gasteiger partial charge < -0.3 is 4.90 Å². The highest BCUT2D eigenvalue weighted by Gasteiger charge is 2.37. The largest absolute Gasteiger partial charge is 0.309 e. The molecule has 0 N–H and O–H groups in total. The van der Waals surface area contributed by atoms with E-state index in [1.54, 1.807) is 0 Å². The van der Waals surface area contributed by atoms with Crippen LogP contribution in [0.4, 0.5) is 17.1 Å². The number of thiophene rings is 2. The van der Waals surface area contributed by atoms with Crippen LogP contribution in [0.2, 0.25) is 13.1 Å². The zero-order chi connectivity index (χ0) is 34.6. The van der Waals surface area contributed by atoms with Crippen LogP contribution in [0.25, 0.3) is 73.4 Å². The van der Waals surface area contributed by atoms with Gasteiger partial charge in [-0.25, -0.2) is 0 Å². The van der Waals surface area contributed by atoms with Gasteiger partial charge in [-0.05, 0) is 85.9 Å². The van der Waals surface area contributed by atoms with E-state index in [4.69, 9.17) is 0 Å². The number of benzene rings is 8. The molecular formula is C48H33NS2Si. The molecule has 2 aromatic heterocycles. The summed E-state index contributed by atoms with van der Waals surface area (Å²) in [4.78, 5) is 2.50. The van der Waals surface area contributed by atoms with Crippen molar-refractivity contribution < 1.29 is 0 Å². The molecule has 1 aliphatic heterocycles. The molecule has 0 fully saturated rings. The van der Waals surface area contributed by atoms with E-state index in [-0.39, 0.29) is 0 Å². The molecule has 4 heteroatoms. The highest BCUT2D eigenvalue weighted by atomic mass is 32.1. The molecule has 1 aliphatic rings. The third kappa shape index (κ3) is 4.32. The minimum Gasteiger partial charge on any atom is -0.309 e. The number of anilines is 3. The summed E-state index contributed by atoms with van der Waals surface area (Å²) >= 11 is 3.84. The van der Waals surface area contributed by atoms with E-state index in [0.717, 1.165) is 5.69 Å². The Balaban J connectivity index is 1.16. The van der Waals surface area contributed by atoms with Gasteiger partial charge in [-0.15, -0.1) is 22.7 Å². The molecule has 0 amide bonds. The molecule has 0 saturated carbocycles. The molecule has 11 rings (SSSR count). The fourth-order valence-electron chi connectivity index (χ4n) is 8.75. The summed E-state index contributed by atoms with van der Waals surface area (Å²) in [6.07, 6.45) is 0. The Morgan fingerprint density at radius 2 is 1.08 bits per heavy atom. The van der Waals surface area contributed by atoms with E-state index in [1.807, 2.05) is 22.7 Å². The Bertz CT molecular complexity index is 3040. The van der Waals surface area contributed by atoms with Crippen LogP contribution in [0.15, 0.2) is 164 Å². The number of hydrogen-bond donors (Lipinski definition) is 0. The molecule has 0 unspecified atom stereocenters. The number of nitrogens with zero attached hydrogens (tertiary/aromatic N) is 1. The minimum absolute atomic E-state index is 1.16. The summed E-state index contributed by atoms with van der Waals surface area (Å²) < 4.78 is 5.37. The lowest BCUT2D eigenvalue weighted by molar-refractivity contribution is 1.30. The SMILES string of the molecule is C[Si]1(C)c2ccccc2-c2cc(N(c3ccc(-c4ccccc4)cc3)c3cccc4c3sc3ccc5sc6c7ccccc7ccc6c5c34)ccc21. The van der Waals surface area contributed by atoms with Crippen LogP contribution < -0.4 is 15.3 Å². The average Bonchev–Trinajstić information content (AvgIpc) is 3.84. The lowest BCUT2D eigenvalue weighted by Gasteiger charge is -2.27. The van der Waals surface area contributed by atoms with Crippen LogP contribution in [0.3, 0.4) is 0 Å². The second-order valence-electron chi connectivity index (χ2n) is 14.5. The standard InChI is InChI=1S/C48H33NS2Si/c1-52(2)43-18-9-8-15-36(43)39-29-34(24-28-44(39)52)49(33-22-19-31(20-23-33)30-11-4-3-5-12-30)40-17-10-16-37-45-42(51-48(37)40)27-26-41-46(45)38-25-21-32-13-6-7-14-35(32)47(38)50-41/h3-29H,1-2H3. The Labute approximate surface area is 311 Å². The molecule has 0 bridgehead atoms. The molecule has 52 heavy (non-hydrogen) atoms. The molecule has 0 aliphatic carbocycles. The van der Waals surface area contributed by atoms with Gasteiger partial charge in [0, 0.05) is 47.0 Å². The monoisotopic (exact) mass is 715 g/mol. The molecular weight excluding hydrogens is 683 g/mol. The fourth-order valence-corrected chi connectivity index (χ4v) is 14.3. The number of rotatable bonds is 4. The van der Waals surface area contributed by atoms with Gasteiger partial charge in [0.1, 0.15) is 8.07 Å². The molecule has 1 nitrogen and oxygen atoms in total. The Hall–Kier alpha value is -5.52. The van der Waals surface area contributed by atoms with Gasteiger partial charge in [-0.1, -0.05) is 134 Å². The van der Waals surface area contributed by atoms with Crippen molar-refractivity contribution in [3.05, 3.63) is 164 Å². The summed E-state index contributed by atoms with van der Waals surface area (Å²) in [5.74, 6) is 0. The molecule has 0 atom stereocenters. The van der Waals surface area contributed by atoms with Gasteiger partial charge in [0.15, 0.2) is 0 Å². The van der Waals surface area contributed by atoms with E-state index in [1.165, 1.54) is 95.1 Å². The first-order chi connectivity index (χ1) is 25.5. The number of fused-ring (bicyclic) bond motifs is 12. The van der Waals surface area contributed by atoms with Crippen molar-refractivity contribution in [2.75, 3.05) is 4.90 Å². The van der Waals surface area contributed by atoms with Crippen LogP contribution in [0, 0.1) is 0 Å². The van der Waals surface area contributed by atoms with Crippen molar-refractivity contribution in [2.24, 2.45) is 0 Å². The zero-order valence-electron chi connectivity index (χ0n) is 28.9. The second kappa shape index (κ2) is 11.2. The third-order valence-electron chi connectivity index (χ3n) is 11.3. The lowest BCUT2D eigenvalue weighted by Crippen LogP contribution is -2.49. The van der Waals surface area contributed by atoms with Crippen LogP contribution in [-0.2, 0) is 0 Å². The number of hydrogen-bond acceptors (Lipinski definition) is 3. The topological polar surface area (TPSA) is 3.24 Å². The van der Waals surface area contributed by atoms with Gasteiger partial charge >= 0.3 is 0 Å². The normalized spacial score (nSPS) is 13.3. The minimum atomic E-state index is -1.78. The van der Waals surface area contributed by atoms with Crippen molar-refractivity contribution >= 4 is 109 Å². The zero-order valence-corrected chi connectivity index (χ0v) is 31.5. The maximum absolute atomic E-state index is 2.50. The van der Waals surface area contributed by atoms with E-state index in [2.05, 4.69) is 182 Å². The van der Waals surface area contributed by atoms with Crippen molar-refractivity contribution in [3.63, 3.8) is 0 Å². The Kier molecular flexibility index (Phi) is 6.51. The molecule has 8 aromatic carbocycles. The van der Waals surface area contributed by atoms with E-state index >= 15 is 0 Å². The highest BCUT2D eigenvalue weighted by Crippen LogP contribution is 2.50. The molecule has 3 heterocycles. The van der Waals surface area contributed by atoms with E-state index < -0.39 is 8.07 Å². The van der Waals surface area contributed by atoms with Gasteiger partial charge in [-0.2, -0.15) is 0 Å². The lowest BCUT2D eigenvalue weighted by atomic mass is 10.0. The van der Waals surface area contributed by atoms with Crippen molar-refractivity contribution in [3.8, 4) is 22.3 Å². The summed E-state index contributed by atoms with van der Waals surface area (Å²) in [5, 5.41) is 11.1. The summed E-state index contributed by atoms with van der Waals surface area (Å²) in [7, 11) is -1.78. The van der Waals surface area contributed by atoms with Crippen molar-refractivity contribution in [2.45, 2.75) is 13.1 Å². The molecule has 0 radical (unpaired) electrons. The van der Waals surface area contributed by atoms with Gasteiger partial charge in [0.2, 0.25) is 0 Å². The fraction of sp³-hybridized carbons (Fsp3) is 0.0417. The van der Waals surface area contributed by atoms with Gasteiger partial charge in [0.25, 0.3) is 0 Å². The van der Waals surface area contributed by atoms with Crippen molar-refractivity contribution in [1.82, 2.24) is 0 Å². The van der Waals surface area contributed by atoms with Crippen LogP contribution in [0.1, 0.15) is 0 Å². The molecule has 246 valence electrons. The highest BCUT2D eigenvalue weighted by molar-refractivity contribution is 7.28. The molecule has 10 aromatic rings. The van der Waals surface area contributed by atoms with Crippen LogP contribution in [-0.4, -0.2) is 8.07 Å². The van der Waals surface area contributed by atoms with Gasteiger partial charge in [-0.3, -0.25) is 0 Å². The average molecular weight is 716 g/mol. The molecule has 0 spiro atoms. The first-order valence-electron chi connectivity index (χ1n) is 17.9. The summed E-state index contributed by atoms with van der Waals surface area (Å²) in [6.45, 7) is 4.99. The predicted molar refractivity (Wildman–Crippen MR) is 232 cm³/mol. The van der Waals surface area contributed by atoms with Crippen molar-refractivity contribution in [1.29, 1.82) is 0 Å². The van der Waals surface area contributed by atoms with Crippen LogP contribution >= 0.6 is 22.7 Å². The third-order valence-corrected chi connectivity index (χ3v) is 17.2. The maximum atomic E-state index is 2.50. The Morgan fingerprint density at radius 3 is 1.90 bits per heavy atom. The first-order valence-corrected chi connectivity index (χ1v) is 22.6. The first kappa shape index (κ1) is 30.1. The van der Waals surface area contributed by atoms with Crippen LogP contribution in [0.5, 0.6) is 0 Å². The summed E-state index contributed by atoms with van der Waals surface area (Å²) in [5.41, 5.74) is 8.80. The van der Waals surface area contributed by atoms with E-state index in [9.17, 15) is 0 Å².